The smallest absolute Gasteiger partial charge is 0.154 e. The van der Waals surface area contributed by atoms with E-state index >= 15 is 0 Å². The lowest BCUT2D eigenvalue weighted by molar-refractivity contribution is 0.724. The Kier molecular flexibility index (Phi) is 4.02. The predicted molar refractivity (Wildman–Crippen MR) is 83.1 cm³/mol. The molecule has 0 amide bonds. The average Bonchev–Trinajstić information content (AvgIpc) is 2.74. The fourth-order valence-corrected chi connectivity index (χ4v) is 2.85. The fraction of sp³-hybridized carbons (Fsp3) is 0.438. The molecule has 0 atom stereocenters. The minimum Gasteiger partial charge on any atom is -0.354 e. The minimum atomic E-state index is 1.000. The lowest BCUT2D eigenvalue weighted by Gasteiger charge is -2.20. The molecule has 1 aromatic heterocycles. The van der Waals surface area contributed by atoms with Crippen LogP contribution in [0, 0.1) is 0 Å². The first kappa shape index (κ1) is 13.2. The van der Waals surface area contributed by atoms with Crippen molar-refractivity contribution in [1.82, 2.24) is 15.5 Å². The van der Waals surface area contributed by atoms with E-state index in [0.29, 0.717) is 0 Å². The van der Waals surface area contributed by atoms with Gasteiger partial charge in [0.15, 0.2) is 5.82 Å². The highest BCUT2D eigenvalue weighted by atomic mass is 15.3. The molecule has 0 unspecified atom stereocenters. The van der Waals surface area contributed by atoms with Gasteiger partial charge in [-0.15, -0.1) is 0 Å². The molecular formula is C16H22N4. The van der Waals surface area contributed by atoms with Crippen molar-refractivity contribution in [2.45, 2.75) is 19.8 Å². The molecule has 3 rings (SSSR count). The van der Waals surface area contributed by atoms with Crippen LogP contribution in [-0.2, 0) is 6.42 Å². The van der Waals surface area contributed by atoms with Gasteiger partial charge in [0, 0.05) is 25.2 Å². The van der Waals surface area contributed by atoms with Crippen LogP contribution in [0.25, 0.3) is 11.3 Å². The maximum atomic E-state index is 4.60. The maximum Gasteiger partial charge on any atom is 0.154 e. The number of nitrogens with one attached hydrogen (secondary N) is 2. The van der Waals surface area contributed by atoms with Gasteiger partial charge in [0.1, 0.15) is 0 Å². The van der Waals surface area contributed by atoms with Gasteiger partial charge in [0.25, 0.3) is 0 Å². The summed E-state index contributed by atoms with van der Waals surface area (Å²) >= 11 is 0. The standard InChI is InChI=1S/C16H22N4/c1-2-14-15(13-7-4-3-5-8-13)18-19-16(14)20-11-6-9-17-10-12-20/h3-5,7-8,17H,2,6,9-12H2,1H3,(H,18,19). The molecule has 0 aliphatic carbocycles. The number of aromatic amines is 1. The van der Waals surface area contributed by atoms with E-state index in [1.807, 2.05) is 6.07 Å². The van der Waals surface area contributed by atoms with Gasteiger partial charge in [-0.05, 0) is 24.9 Å². The van der Waals surface area contributed by atoms with Crippen molar-refractivity contribution in [3.8, 4) is 11.3 Å². The lowest BCUT2D eigenvalue weighted by Crippen LogP contribution is -2.28. The monoisotopic (exact) mass is 270 g/mol. The van der Waals surface area contributed by atoms with Crippen molar-refractivity contribution in [2.75, 3.05) is 31.1 Å². The van der Waals surface area contributed by atoms with Gasteiger partial charge in [-0.25, -0.2) is 0 Å². The first-order valence-corrected chi connectivity index (χ1v) is 7.48. The van der Waals surface area contributed by atoms with E-state index in [2.05, 4.69) is 51.6 Å². The van der Waals surface area contributed by atoms with Crippen molar-refractivity contribution in [3.05, 3.63) is 35.9 Å². The molecule has 20 heavy (non-hydrogen) atoms. The zero-order valence-electron chi connectivity index (χ0n) is 12.0. The van der Waals surface area contributed by atoms with Gasteiger partial charge in [0.2, 0.25) is 0 Å². The molecule has 2 N–H and O–H groups in total. The molecule has 1 fully saturated rings. The quantitative estimate of drug-likeness (QED) is 0.900. The van der Waals surface area contributed by atoms with Crippen LogP contribution in [0.5, 0.6) is 0 Å². The largest absolute Gasteiger partial charge is 0.354 e. The maximum absolute atomic E-state index is 4.60. The molecule has 0 bridgehead atoms. The molecule has 4 nitrogen and oxygen atoms in total. The predicted octanol–water partition coefficient (Wildman–Crippen LogP) is 2.44. The first-order chi connectivity index (χ1) is 9.90. The zero-order chi connectivity index (χ0) is 13.8. The van der Waals surface area contributed by atoms with Crippen molar-refractivity contribution in [1.29, 1.82) is 0 Å². The van der Waals surface area contributed by atoms with Crippen LogP contribution in [0.15, 0.2) is 30.3 Å². The van der Waals surface area contributed by atoms with E-state index in [0.717, 1.165) is 38.4 Å². The summed E-state index contributed by atoms with van der Waals surface area (Å²) in [5.41, 5.74) is 3.72. The van der Waals surface area contributed by atoms with Crippen LogP contribution in [0.2, 0.25) is 0 Å². The Morgan fingerprint density at radius 1 is 1.15 bits per heavy atom. The fourth-order valence-electron chi connectivity index (χ4n) is 2.85. The molecule has 0 saturated carbocycles. The third kappa shape index (κ3) is 2.56. The van der Waals surface area contributed by atoms with E-state index in [4.69, 9.17) is 0 Å². The summed E-state index contributed by atoms with van der Waals surface area (Å²) in [7, 11) is 0. The van der Waals surface area contributed by atoms with Crippen LogP contribution >= 0.6 is 0 Å². The topological polar surface area (TPSA) is 44.0 Å². The molecule has 106 valence electrons. The summed E-state index contributed by atoms with van der Waals surface area (Å²) < 4.78 is 0. The van der Waals surface area contributed by atoms with Gasteiger partial charge < -0.3 is 10.2 Å². The molecule has 2 aromatic rings. The second kappa shape index (κ2) is 6.09. The van der Waals surface area contributed by atoms with Gasteiger partial charge >= 0.3 is 0 Å². The van der Waals surface area contributed by atoms with Crippen molar-refractivity contribution < 1.29 is 0 Å². The average molecular weight is 270 g/mol. The van der Waals surface area contributed by atoms with Crippen LogP contribution in [-0.4, -0.2) is 36.4 Å². The van der Waals surface area contributed by atoms with Crippen LogP contribution < -0.4 is 10.2 Å². The van der Waals surface area contributed by atoms with Crippen LogP contribution in [0.4, 0.5) is 5.82 Å². The number of aromatic nitrogens is 2. The summed E-state index contributed by atoms with van der Waals surface area (Å²) in [5.74, 6) is 1.13. The molecule has 0 spiro atoms. The van der Waals surface area contributed by atoms with Crippen molar-refractivity contribution in [3.63, 3.8) is 0 Å². The number of rotatable bonds is 3. The third-order valence-corrected chi connectivity index (χ3v) is 3.90. The summed E-state index contributed by atoms with van der Waals surface area (Å²) in [4.78, 5) is 2.40. The molecular weight excluding hydrogens is 248 g/mol. The second-order valence-electron chi connectivity index (χ2n) is 5.21. The Bertz CT molecular complexity index is 539. The molecule has 0 radical (unpaired) electrons. The molecule has 1 aliphatic rings. The van der Waals surface area contributed by atoms with E-state index in [1.165, 1.54) is 23.2 Å². The number of benzene rings is 1. The third-order valence-electron chi connectivity index (χ3n) is 3.90. The molecule has 1 saturated heterocycles. The van der Waals surface area contributed by atoms with Gasteiger partial charge in [-0.2, -0.15) is 5.10 Å². The van der Waals surface area contributed by atoms with Crippen LogP contribution in [0.3, 0.4) is 0 Å². The highest BCUT2D eigenvalue weighted by Crippen LogP contribution is 2.29. The molecule has 2 heterocycles. The van der Waals surface area contributed by atoms with Gasteiger partial charge in [-0.3, -0.25) is 5.10 Å². The Morgan fingerprint density at radius 2 is 2.00 bits per heavy atom. The number of H-pyrrole nitrogens is 1. The van der Waals surface area contributed by atoms with E-state index in [9.17, 15) is 0 Å². The Balaban J connectivity index is 1.94. The van der Waals surface area contributed by atoms with Crippen molar-refractivity contribution in [2.24, 2.45) is 0 Å². The molecule has 1 aliphatic heterocycles. The van der Waals surface area contributed by atoms with E-state index in [-0.39, 0.29) is 0 Å². The summed E-state index contributed by atoms with van der Waals surface area (Å²) in [6.07, 6.45) is 2.18. The molecule has 1 aromatic carbocycles. The SMILES string of the molecule is CCc1c(N2CCCNCC2)n[nH]c1-c1ccccc1. The van der Waals surface area contributed by atoms with E-state index in [1.54, 1.807) is 0 Å². The Hall–Kier alpha value is -1.81. The van der Waals surface area contributed by atoms with Gasteiger partial charge in [0.05, 0.1) is 5.69 Å². The van der Waals surface area contributed by atoms with E-state index < -0.39 is 0 Å². The van der Waals surface area contributed by atoms with Gasteiger partial charge in [-0.1, -0.05) is 37.3 Å². The number of anilines is 1. The van der Waals surface area contributed by atoms with Crippen LogP contribution in [0.1, 0.15) is 18.9 Å². The molecule has 4 heteroatoms. The minimum absolute atomic E-state index is 1.000. The summed E-state index contributed by atoms with van der Waals surface area (Å²) in [5, 5.41) is 11.3. The zero-order valence-corrected chi connectivity index (χ0v) is 12.0. The number of nitrogens with zero attached hydrogens (tertiary/aromatic N) is 2. The highest BCUT2D eigenvalue weighted by molar-refractivity contribution is 5.69. The first-order valence-electron chi connectivity index (χ1n) is 7.48. The number of hydrogen-bond acceptors (Lipinski definition) is 3. The van der Waals surface area contributed by atoms with Crippen molar-refractivity contribution >= 4 is 5.82 Å². The number of hydrogen-bond donors (Lipinski definition) is 2. The highest BCUT2D eigenvalue weighted by Gasteiger charge is 2.19. The summed E-state index contributed by atoms with van der Waals surface area (Å²) in [6.45, 7) is 6.46. The second-order valence-corrected chi connectivity index (χ2v) is 5.21. The lowest BCUT2D eigenvalue weighted by atomic mass is 10.1. The Morgan fingerprint density at radius 3 is 2.80 bits per heavy atom. The summed E-state index contributed by atoms with van der Waals surface area (Å²) in [6, 6.07) is 10.5. The Labute approximate surface area is 120 Å². The normalized spacial score (nSPS) is 16.1.